The van der Waals surface area contributed by atoms with Crippen molar-refractivity contribution in [1.29, 1.82) is 0 Å². The molecular formula is C21H29ClN6O. The summed E-state index contributed by atoms with van der Waals surface area (Å²) in [5.74, 6) is 2.65. The van der Waals surface area contributed by atoms with E-state index in [0.717, 1.165) is 67.9 Å². The summed E-state index contributed by atoms with van der Waals surface area (Å²) in [7, 11) is 1.67. The normalized spacial score (nSPS) is 20.2. The summed E-state index contributed by atoms with van der Waals surface area (Å²) < 4.78 is 7.14. The zero-order valence-corrected chi connectivity index (χ0v) is 17.9. The van der Waals surface area contributed by atoms with Gasteiger partial charge in [-0.15, -0.1) is 0 Å². The van der Waals surface area contributed by atoms with E-state index in [9.17, 15) is 0 Å². The minimum absolute atomic E-state index is 0.133. The van der Waals surface area contributed by atoms with Crippen LogP contribution < -0.4 is 10.6 Å². The van der Waals surface area contributed by atoms with Gasteiger partial charge in [0.2, 0.25) is 0 Å². The predicted octanol–water partition coefficient (Wildman–Crippen LogP) is 2.68. The zero-order chi connectivity index (χ0) is 20.3. The highest BCUT2D eigenvalue weighted by atomic mass is 35.5. The summed E-state index contributed by atoms with van der Waals surface area (Å²) in [4.78, 5) is 9.47. The van der Waals surface area contributed by atoms with E-state index in [1.165, 1.54) is 5.56 Å². The molecule has 2 aromatic rings. The Kier molecular flexibility index (Phi) is 6.06. The predicted molar refractivity (Wildman–Crippen MR) is 114 cm³/mol. The van der Waals surface area contributed by atoms with E-state index in [2.05, 4.69) is 39.8 Å². The van der Waals surface area contributed by atoms with E-state index in [4.69, 9.17) is 21.3 Å². The molecule has 0 amide bonds. The molecule has 8 heteroatoms. The lowest BCUT2D eigenvalue weighted by Gasteiger charge is -2.25. The van der Waals surface area contributed by atoms with Crippen molar-refractivity contribution in [3.8, 4) is 0 Å². The maximum absolute atomic E-state index is 6.20. The fourth-order valence-corrected chi connectivity index (χ4v) is 4.11. The molecule has 1 aliphatic heterocycles. The van der Waals surface area contributed by atoms with E-state index in [1.54, 1.807) is 7.11 Å². The molecule has 2 heterocycles. The molecular weight excluding hydrogens is 388 g/mol. The molecule has 0 bridgehead atoms. The molecule has 2 aliphatic rings. The fourth-order valence-electron chi connectivity index (χ4n) is 3.92. The van der Waals surface area contributed by atoms with Crippen LogP contribution in [0.3, 0.4) is 0 Å². The number of nitrogens with zero attached hydrogens (tertiary/aromatic N) is 4. The SMILES string of the molecule is CCNC(=NCC1(c2cccc(Cl)c2)CC1)NC1CCc2nc(COC)nn2C1. The molecule has 1 saturated carbocycles. The van der Waals surface area contributed by atoms with Crippen molar-refractivity contribution in [1.82, 2.24) is 25.4 Å². The van der Waals surface area contributed by atoms with Crippen LogP contribution in [0.5, 0.6) is 0 Å². The summed E-state index contributed by atoms with van der Waals surface area (Å²) in [5, 5.41) is 12.3. The third-order valence-corrected chi connectivity index (χ3v) is 5.93. The minimum atomic E-state index is 0.133. The van der Waals surface area contributed by atoms with E-state index in [-0.39, 0.29) is 11.5 Å². The molecule has 156 valence electrons. The van der Waals surface area contributed by atoms with Gasteiger partial charge in [0.05, 0.1) is 13.1 Å². The van der Waals surface area contributed by atoms with Crippen LogP contribution in [0.15, 0.2) is 29.3 Å². The number of aryl methyl sites for hydroxylation is 1. The molecule has 1 aromatic carbocycles. The first-order chi connectivity index (χ1) is 14.1. The van der Waals surface area contributed by atoms with Crippen LogP contribution in [0.1, 0.15) is 43.4 Å². The van der Waals surface area contributed by atoms with Gasteiger partial charge in [-0.3, -0.25) is 4.99 Å². The molecule has 29 heavy (non-hydrogen) atoms. The number of benzene rings is 1. The van der Waals surface area contributed by atoms with Crippen molar-refractivity contribution in [2.45, 2.75) is 57.2 Å². The topological polar surface area (TPSA) is 76.4 Å². The van der Waals surface area contributed by atoms with Crippen molar-refractivity contribution in [3.63, 3.8) is 0 Å². The lowest BCUT2D eigenvalue weighted by atomic mass is 9.96. The summed E-state index contributed by atoms with van der Waals surface area (Å²) in [6.45, 7) is 4.93. The number of hydrogen-bond donors (Lipinski definition) is 2. The number of halogens is 1. The van der Waals surface area contributed by atoms with Crippen molar-refractivity contribution in [3.05, 3.63) is 46.5 Å². The number of ether oxygens (including phenoxy) is 1. The Morgan fingerprint density at radius 3 is 3.00 bits per heavy atom. The van der Waals surface area contributed by atoms with Gasteiger partial charge < -0.3 is 15.4 Å². The van der Waals surface area contributed by atoms with Crippen molar-refractivity contribution in [2.24, 2.45) is 4.99 Å². The molecule has 7 nitrogen and oxygen atoms in total. The van der Waals surface area contributed by atoms with E-state index < -0.39 is 0 Å². The monoisotopic (exact) mass is 416 g/mol. The first-order valence-corrected chi connectivity index (χ1v) is 10.7. The van der Waals surface area contributed by atoms with Crippen LogP contribution in [0, 0.1) is 0 Å². The Balaban J connectivity index is 1.41. The number of hydrogen-bond acceptors (Lipinski definition) is 4. The van der Waals surface area contributed by atoms with Crippen LogP contribution in [-0.2, 0) is 29.7 Å². The zero-order valence-electron chi connectivity index (χ0n) is 17.1. The smallest absolute Gasteiger partial charge is 0.191 e. The first kappa shape index (κ1) is 20.2. The highest BCUT2D eigenvalue weighted by molar-refractivity contribution is 6.30. The summed E-state index contributed by atoms with van der Waals surface area (Å²) >= 11 is 6.20. The van der Waals surface area contributed by atoms with Gasteiger partial charge in [-0.25, -0.2) is 9.67 Å². The first-order valence-electron chi connectivity index (χ1n) is 10.3. The lowest BCUT2D eigenvalue weighted by Crippen LogP contribution is -2.47. The molecule has 2 N–H and O–H groups in total. The van der Waals surface area contributed by atoms with E-state index >= 15 is 0 Å². The Bertz CT molecular complexity index is 876. The third-order valence-electron chi connectivity index (χ3n) is 5.69. The van der Waals surface area contributed by atoms with Gasteiger partial charge in [-0.2, -0.15) is 5.10 Å². The average molecular weight is 417 g/mol. The number of guanidine groups is 1. The molecule has 4 rings (SSSR count). The fraction of sp³-hybridized carbons (Fsp3) is 0.571. The number of nitrogens with one attached hydrogen (secondary N) is 2. The largest absolute Gasteiger partial charge is 0.377 e. The molecule has 0 saturated heterocycles. The number of aliphatic imine (C=N–C) groups is 1. The standard InChI is InChI=1S/C21H29ClN6O/c1-3-23-20(24-14-21(9-10-21)15-5-4-6-16(22)11-15)25-17-7-8-19-26-18(13-29-2)27-28(19)12-17/h4-6,11,17H,3,7-10,12-14H2,1-2H3,(H2,23,24,25). The van der Waals surface area contributed by atoms with Crippen molar-refractivity contribution >= 4 is 17.6 Å². The lowest BCUT2D eigenvalue weighted by molar-refractivity contribution is 0.177. The average Bonchev–Trinajstić information content (AvgIpc) is 3.40. The second kappa shape index (κ2) is 8.71. The van der Waals surface area contributed by atoms with Crippen LogP contribution in [-0.4, -0.2) is 47.0 Å². The van der Waals surface area contributed by atoms with Gasteiger partial charge in [0.25, 0.3) is 0 Å². The van der Waals surface area contributed by atoms with Gasteiger partial charge in [0, 0.05) is 36.6 Å². The van der Waals surface area contributed by atoms with Gasteiger partial charge in [-0.1, -0.05) is 23.7 Å². The summed E-state index contributed by atoms with van der Waals surface area (Å²) in [5.41, 5.74) is 1.42. The molecule has 0 spiro atoms. The number of fused-ring (bicyclic) bond motifs is 1. The Morgan fingerprint density at radius 1 is 1.41 bits per heavy atom. The van der Waals surface area contributed by atoms with Gasteiger partial charge in [0.1, 0.15) is 12.4 Å². The molecule has 1 fully saturated rings. The van der Waals surface area contributed by atoms with Crippen LogP contribution in [0.2, 0.25) is 5.02 Å². The number of aromatic nitrogens is 3. The van der Waals surface area contributed by atoms with Crippen molar-refractivity contribution < 1.29 is 4.74 Å². The van der Waals surface area contributed by atoms with Gasteiger partial charge >= 0.3 is 0 Å². The summed E-state index contributed by atoms with van der Waals surface area (Å²) in [6, 6.07) is 8.48. The van der Waals surface area contributed by atoms with Crippen LogP contribution in [0.25, 0.3) is 0 Å². The number of rotatable bonds is 7. The Hall–Kier alpha value is -2.12. The van der Waals surface area contributed by atoms with Crippen LogP contribution >= 0.6 is 11.6 Å². The maximum atomic E-state index is 6.20. The summed E-state index contributed by atoms with van der Waals surface area (Å²) in [6.07, 6.45) is 4.23. The quantitative estimate of drug-likeness (QED) is 0.536. The van der Waals surface area contributed by atoms with Crippen molar-refractivity contribution in [2.75, 3.05) is 20.2 Å². The second-order valence-corrected chi connectivity index (χ2v) is 8.36. The van der Waals surface area contributed by atoms with Gasteiger partial charge in [0.15, 0.2) is 11.8 Å². The van der Waals surface area contributed by atoms with E-state index in [0.29, 0.717) is 6.61 Å². The molecule has 1 aliphatic carbocycles. The molecule has 1 aromatic heterocycles. The second-order valence-electron chi connectivity index (χ2n) is 7.93. The Morgan fingerprint density at radius 2 is 2.28 bits per heavy atom. The minimum Gasteiger partial charge on any atom is -0.377 e. The highest BCUT2D eigenvalue weighted by Crippen LogP contribution is 2.48. The molecule has 0 radical (unpaired) electrons. The van der Waals surface area contributed by atoms with Crippen LogP contribution in [0.4, 0.5) is 0 Å². The highest BCUT2D eigenvalue weighted by Gasteiger charge is 2.44. The molecule has 1 unspecified atom stereocenters. The number of methoxy groups -OCH3 is 1. The molecule has 1 atom stereocenters. The Labute approximate surface area is 176 Å². The van der Waals surface area contributed by atoms with E-state index in [1.807, 2.05) is 16.8 Å². The maximum Gasteiger partial charge on any atom is 0.191 e. The van der Waals surface area contributed by atoms with Gasteiger partial charge in [-0.05, 0) is 43.9 Å². The third kappa shape index (κ3) is 4.73.